The summed E-state index contributed by atoms with van der Waals surface area (Å²) in [7, 11) is 0. The number of rotatable bonds is 6. The third kappa shape index (κ3) is 4.65. The number of benzene rings is 1. The molecular weight excluding hydrogens is 356 g/mol. The minimum absolute atomic E-state index is 0.202. The second kappa shape index (κ2) is 7.27. The van der Waals surface area contributed by atoms with Crippen molar-refractivity contribution >= 4 is 21.8 Å². The van der Waals surface area contributed by atoms with E-state index < -0.39 is 5.54 Å². The molecule has 2 rings (SSSR count). The van der Waals surface area contributed by atoms with Gasteiger partial charge in [0.2, 0.25) is 0 Å². The minimum atomic E-state index is -0.426. The number of nitrogens with two attached hydrogens (primary N) is 1. The molecule has 1 heterocycles. The summed E-state index contributed by atoms with van der Waals surface area (Å²) in [5.74, 6) is 0.246. The molecule has 6 heteroatoms. The lowest BCUT2D eigenvalue weighted by atomic mass is 9.90. The third-order valence-corrected chi connectivity index (χ3v) is 4.11. The average Bonchev–Trinajstić information content (AvgIpc) is 2.96. The van der Waals surface area contributed by atoms with Gasteiger partial charge < -0.3 is 11.1 Å². The molecule has 0 aliphatic carbocycles. The summed E-state index contributed by atoms with van der Waals surface area (Å²) in [6, 6.07) is 9.45. The first-order valence-corrected chi connectivity index (χ1v) is 8.46. The van der Waals surface area contributed by atoms with Gasteiger partial charge in [-0.1, -0.05) is 35.8 Å². The summed E-state index contributed by atoms with van der Waals surface area (Å²) in [5.41, 5.74) is 6.70. The van der Waals surface area contributed by atoms with Gasteiger partial charge in [0.15, 0.2) is 5.69 Å². The van der Waals surface area contributed by atoms with Gasteiger partial charge in [-0.05, 0) is 43.5 Å². The molecule has 2 aromatic rings. The van der Waals surface area contributed by atoms with E-state index in [1.165, 1.54) is 0 Å². The number of amides is 1. The minimum Gasteiger partial charge on any atom is -0.344 e. The Morgan fingerprint density at radius 1 is 1.43 bits per heavy atom. The molecule has 3 N–H and O–H groups in total. The van der Waals surface area contributed by atoms with Gasteiger partial charge >= 0.3 is 0 Å². The van der Waals surface area contributed by atoms with Crippen LogP contribution in [0, 0.1) is 5.92 Å². The van der Waals surface area contributed by atoms with Crippen LogP contribution in [-0.2, 0) is 0 Å². The van der Waals surface area contributed by atoms with Crippen molar-refractivity contribution in [3.05, 3.63) is 46.7 Å². The molecule has 1 atom stereocenters. The zero-order valence-electron chi connectivity index (χ0n) is 13.7. The van der Waals surface area contributed by atoms with Crippen LogP contribution >= 0.6 is 15.9 Å². The zero-order valence-corrected chi connectivity index (χ0v) is 15.3. The molecule has 1 unspecified atom stereocenters. The third-order valence-electron chi connectivity index (χ3n) is 3.62. The lowest BCUT2D eigenvalue weighted by Gasteiger charge is -2.30. The van der Waals surface area contributed by atoms with Crippen LogP contribution in [0.4, 0.5) is 0 Å². The topological polar surface area (TPSA) is 72.9 Å². The molecule has 0 saturated heterocycles. The normalized spacial score (nSPS) is 13.8. The van der Waals surface area contributed by atoms with Crippen molar-refractivity contribution in [2.24, 2.45) is 11.7 Å². The highest BCUT2D eigenvalue weighted by Crippen LogP contribution is 2.17. The van der Waals surface area contributed by atoms with E-state index in [0.717, 1.165) is 16.6 Å². The highest BCUT2D eigenvalue weighted by molar-refractivity contribution is 9.10. The van der Waals surface area contributed by atoms with Crippen LogP contribution in [0.15, 0.2) is 41.0 Å². The van der Waals surface area contributed by atoms with E-state index in [2.05, 4.69) is 40.2 Å². The molecule has 0 bridgehead atoms. The number of nitrogens with one attached hydrogen (secondary N) is 1. The second-order valence-corrected chi connectivity index (χ2v) is 7.36. The molecule has 0 saturated carbocycles. The van der Waals surface area contributed by atoms with Crippen LogP contribution in [0.25, 0.3) is 5.69 Å². The van der Waals surface area contributed by atoms with E-state index >= 15 is 0 Å². The van der Waals surface area contributed by atoms with Gasteiger partial charge in [0, 0.05) is 17.2 Å². The SMILES string of the molecule is CC(C)CC(C)(CN)NC(=O)c1ccn(-c2cccc(Br)c2)n1. The Kier molecular flexibility index (Phi) is 5.59. The standard InChI is InChI=1S/C17H23BrN4O/c1-12(2)10-17(3,11-19)20-16(23)15-7-8-22(21-15)14-6-4-5-13(18)9-14/h4-9,12H,10-11,19H2,1-3H3,(H,20,23). The van der Waals surface area contributed by atoms with Crippen molar-refractivity contribution in [2.75, 3.05) is 6.54 Å². The first-order chi connectivity index (χ1) is 10.8. The van der Waals surface area contributed by atoms with Gasteiger partial charge in [-0.25, -0.2) is 4.68 Å². The fourth-order valence-electron chi connectivity index (χ4n) is 2.63. The lowest BCUT2D eigenvalue weighted by molar-refractivity contribution is 0.0892. The molecule has 1 aromatic carbocycles. The van der Waals surface area contributed by atoms with Crippen LogP contribution in [0.2, 0.25) is 0 Å². The van der Waals surface area contributed by atoms with E-state index in [4.69, 9.17) is 5.73 Å². The van der Waals surface area contributed by atoms with Gasteiger partial charge in [-0.15, -0.1) is 0 Å². The number of aromatic nitrogens is 2. The smallest absolute Gasteiger partial charge is 0.272 e. The molecule has 0 spiro atoms. The van der Waals surface area contributed by atoms with Crippen LogP contribution in [-0.4, -0.2) is 27.8 Å². The van der Waals surface area contributed by atoms with Gasteiger partial charge in [0.05, 0.1) is 11.2 Å². The highest BCUT2D eigenvalue weighted by Gasteiger charge is 2.27. The van der Waals surface area contributed by atoms with Gasteiger partial charge in [-0.2, -0.15) is 5.10 Å². The maximum absolute atomic E-state index is 12.5. The molecule has 0 aliphatic rings. The zero-order chi connectivity index (χ0) is 17.0. The predicted molar refractivity (Wildman–Crippen MR) is 95.6 cm³/mol. The van der Waals surface area contributed by atoms with E-state index in [1.807, 2.05) is 31.2 Å². The van der Waals surface area contributed by atoms with Crippen LogP contribution in [0.1, 0.15) is 37.7 Å². The molecule has 23 heavy (non-hydrogen) atoms. The Balaban J connectivity index is 2.15. The summed E-state index contributed by atoms with van der Waals surface area (Å²) in [6.45, 7) is 6.59. The molecule has 0 fully saturated rings. The Labute approximate surface area is 145 Å². The number of carbonyl (C=O) groups excluding carboxylic acids is 1. The fourth-order valence-corrected chi connectivity index (χ4v) is 3.02. The highest BCUT2D eigenvalue weighted by atomic mass is 79.9. The first-order valence-electron chi connectivity index (χ1n) is 7.67. The van der Waals surface area contributed by atoms with Gasteiger partial charge in [-0.3, -0.25) is 4.79 Å². The second-order valence-electron chi connectivity index (χ2n) is 6.44. The van der Waals surface area contributed by atoms with Crippen LogP contribution in [0.5, 0.6) is 0 Å². The number of hydrogen-bond donors (Lipinski definition) is 2. The fraction of sp³-hybridized carbons (Fsp3) is 0.412. The maximum atomic E-state index is 12.5. The van der Waals surface area contributed by atoms with Gasteiger partial charge in [0.1, 0.15) is 0 Å². The Hall–Kier alpha value is -1.66. The molecular formula is C17H23BrN4O. The van der Waals surface area contributed by atoms with E-state index in [1.54, 1.807) is 16.9 Å². The van der Waals surface area contributed by atoms with Crippen molar-refractivity contribution in [1.82, 2.24) is 15.1 Å². The van der Waals surface area contributed by atoms with Crippen molar-refractivity contribution in [3.63, 3.8) is 0 Å². The Bertz CT molecular complexity index is 683. The van der Waals surface area contributed by atoms with Crippen LogP contribution < -0.4 is 11.1 Å². The van der Waals surface area contributed by atoms with Crippen LogP contribution in [0.3, 0.4) is 0 Å². The largest absolute Gasteiger partial charge is 0.344 e. The molecule has 1 aromatic heterocycles. The van der Waals surface area contributed by atoms with E-state index in [0.29, 0.717) is 18.2 Å². The summed E-state index contributed by atoms with van der Waals surface area (Å²) in [4.78, 5) is 12.5. The number of carbonyl (C=O) groups is 1. The summed E-state index contributed by atoms with van der Waals surface area (Å²) in [6.07, 6.45) is 2.60. The molecule has 124 valence electrons. The van der Waals surface area contributed by atoms with E-state index in [9.17, 15) is 4.79 Å². The predicted octanol–water partition coefficient (Wildman–Crippen LogP) is 3.13. The number of nitrogens with zero attached hydrogens (tertiary/aromatic N) is 2. The summed E-state index contributed by atoms with van der Waals surface area (Å²) < 4.78 is 2.64. The molecule has 0 radical (unpaired) electrons. The van der Waals surface area contributed by atoms with Gasteiger partial charge in [0.25, 0.3) is 5.91 Å². The van der Waals surface area contributed by atoms with Crippen molar-refractivity contribution in [3.8, 4) is 5.69 Å². The molecule has 1 amide bonds. The molecule has 5 nitrogen and oxygen atoms in total. The first kappa shape index (κ1) is 17.7. The molecule has 0 aliphatic heterocycles. The Morgan fingerprint density at radius 3 is 2.78 bits per heavy atom. The van der Waals surface area contributed by atoms with E-state index in [-0.39, 0.29) is 5.91 Å². The Morgan fingerprint density at radius 2 is 2.17 bits per heavy atom. The average molecular weight is 379 g/mol. The van der Waals surface area contributed by atoms with Crippen molar-refractivity contribution in [1.29, 1.82) is 0 Å². The summed E-state index contributed by atoms with van der Waals surface area (Å²) >= 11 is 3.43. The maximum Gasteiger partial charge on any atom is 0.272 e. The monoisotopic (exact) mass is 378 g/mol. The quantitative estimate of drug-likeness (QED) is 0.810. The van der Waals surface area contributed by atoms with Crippen molar-refractivity contribution < 1.29 is 4.79 Å². The number of halogens is 1. The lowest BCUT2D eigenvalue weighted by Crippen LogP contribution is -2.52. The van der Waals surface area contributed by atoms with Crippen molar-refractivity contribution in [2.45, 2.75) is 32.7 Å². The summed E-state index contributed by atoms with van der Waals surface area (Å²) in [5, 5.41) is 7.38. The number of hydrogen-bond acceptors (Lipinski definition) is 3.